The van der Waals surface area contributed by atoms with Gasteiger partial charge in [0.05, 0.1) is 21.2 Å². The molecule has 0 aromatic heterocycles. The van der Waals surface area contributed by atoms with Gasteiger partial charge >= 0.3 is 6.18 Å². The van der Waals surface area contributed by atoms with Gasteiger partial charge in [-0.1, -0.05) is 66.0 Å². The lowest BCUT2D eigenvalue weighted by Gasteiger charge is -2.33. The van der Waals surface area contributed by atoms with Crippen LogP contribution in [0.2, 0.25) is 5.02 Å². The minimum Gasteiger partial charge on any atom is -0.357 e. The van der Waals surface area contributed by atoms with Crippen LogP contribution in [0, 0.1) is 13.8 Å². The number of nitrogens with one attached hydrogen (secondary N) is 1. The molecule has 3 aromatic rings. The molecule has 41 heavy (non-hydrogen) atoms. The molecule has 3 rings (SSSR count). The highest BCUT2D eigenvalue weighted by Gasteiger charge is 2.37. The molecule has 0 aliphatic rings. The Morgan fingerprint density at radius 3 is 2.02 bits per heavy atom. The number of carbonyl (C=O) groups is 2. The summed E-state index contributed by atoms with van der Waals surface area (Å²) in [5.74, 6) is -1.24. The van der Waals surface area contributed by atoms with E-state index in [1.807, 2.05) is 19.1 Å². The molecule has 1 atom stereocenters. The van der Waals surface area contributed by atoms with Gasteiger partial charge in [0.1, 0.15) is 12.6 Å². The summed E-state index contributed by atoms with van der Waals surface area (Å²) in [6.45, 7) is 4.44. The van der Waals surface area contributed by atoms with Crippen LogP contribution in [0.3, 0.4) is 0 Å². The number of rotatable bonds is 10. The van der Waals surface area contributed by atoms with E-state index in [1.54, 1.807) is 26.0 Å². The van der Waals surface area contributed by atoms with Crippen molar-refractivity contribution < 1.29 is 31.2 Å². The van der Waals surface area contributed by atoms with E-state index in [4.69, 9.17) is 11.6 Å². The number of sulfonamides is 1. The lowest BCUT2D eigenvalue weighted by atomic mass is 10.1. The summed E-state index contributed by atoms with van der Waals surface area (Å²) in [5.41, 5.74) is 0.771. The number of nitrogens with zero attached hydrogens (tertiary/aromatic N) is 2. The standard InChI is InChI=1S/C29H31ClF3N3O4S/c1-5-26(28(38)34-4)35(17-21-10-6-19(2)7-11-21)27(37)18-36(41(39,40)23-13-8-20(3)9-14-23)22-12-15-25(30)24(16-22)29(31,32)33/h6-16,26H,5,17-18H2,1-4H3,(H,34,38). The first-order valence-electron chi connectivity index (χ1n) is 12.7. The van der Waals surface area contributed by atoms with E-state index in [2.05, 4.69) is 5.32 Å². The summed E-state index contributed by atoms with van der Waals surface area (Å²) >= 11 is 5.80. The van der Waals surface area contributed by atoms with Crippen LogP contribution in [0.25, 0.3) is 0 Å². The third-order valence-electron chi connectivity index (χ3n) is 6.54. The first-order chi connectivity index (χ1) is 19.2. The van der Waals surface area contributed by atoms with Crippen molar-refractivity contribution in [1.82, 2.24) is 10.2 Å². The molecule has 0 aliphatic heterocycles. The van der Waals surface area contributed by atoms with Crippen LogP contribution in [0.4, 0.5) is 18.9 Å². The lowest BCUT2D eigenvalue weighted by Crippen LogP contribution is -2.51. The molecule has 1 unspecified atom stereocenters. The van der Waals surface area contributed by atoms with E-state index in [1.165, 1.54) is 36.2 Å². The Morgan fingerprint density at radius 1 is 0.951 bits per heavy atom. The molecular weight excluding hydrogens is 579 g/mol. The molecule has 0 heterocycles. The van der Waals surface area contributed by atoms with E-state index in [0.29, 0.717) is 15.9 Å². The van der Waals surface area contributed by atoms with E-state index in [-0.39, 0.29) is 17.9 Å². The maximum atomic E-state index is 13.9. The number of aryl methyl sites for hydroxylation is 2. The second-order valence-electron chi connectivity index (χ2n) is 9.53. The summed E-state index contributed by atoms with van der Waals surface area (Å²) < 4.78 is 69.5. The predicted octanol–water partition coefficient (Wildman–Crippen LogP) is 5.72. The number of hydrogen-bond acceptors (Lipinski definition) is 4. The number of likely N-dealkylation sites (N-methyl/N-ethyl adjacent to an activating group) is 1. The van der Waals surface area contributed by atoms with Gasteiger partial charge in [-0.05, 0) is 56.2 Å². The van der Waals surface area contributed by atoms with E-state index < -0.39 is 56.9 Å². The Balaban J connectivity index is 2.14. The Kier molecular flexibility index (Phi) is 10.1. The zero-order chi connectivity index (χ0) is 30.5. The van der Waals surface area contributed by atoms with Crippen LogP contribution in [-0.2, 0) is 32.3 Å². The van der Waals surface area contributed by atoms with Gasteiger partial charge in [-0.3, -0.25) is 13.9 Å². The molecule has 1 N–H and O–H groups in total. The van der Waals surface area contributed by atoms with E-state index in [9.17, 15) is 31.2 Å². The lowest BCUT2D eigenvalue weighted by molar-refractivity contribution is -0.140. The number of alkyl halides is 3. The molecule has 0 fully saturated rings. The van der Waals surface area contributed by atoms with Crippen molar-refractivity contribution in [1.29, 1.82) is 0 Å². The average molecular weight is 610 g/mol. The van der Waals surface area contributed by atoms with Gasteiger partial charge in [0.15, 0.2) is 0 Å². The van der Waals surface area contributed by atoms with Gasteiger partial charge in [-0.2, -0.15) is 13.2 Å². The second-order valence-corrected chi connectivity index (χ2v) is 11.8. The highest BCUT2D eigenvalue weighted by Crippen LogP contribution is 2.38. The molecule has 220 valence electrons. The van der Waals surface area contributed by atoms with E-state index in [0.717, 1.165) is 23.3 Å². The average Bonchev–Trinajstić information content (AvgIpc) is 2.92. The normalized spacial score (nSPS) is 12.5. The zero-order valence-corrected chi connectivity index (χ0v) is 24.6. The third-order valence-corrected chi connectivity index (χ3v) is 8.65. The number of anilines is 1. The van der Waals surface area contributed by atoms with Crippen LogP contribution < -0.4 is 9.62 Å². The number of amides is 2. The maximum Gasteiger partial charge on any atom is 0.417 e. The number of hydrogen-bond donors (Lipinski definition) is 1. The van der Waals surface area contributed by atoms with Gasteiger partial charge in [0.25, 0.3) is 10.0 Å². The number of halogens is 4. The largest absolute Gasteiger partial charge is 0.417 e. The summed E-state index contributed by atoms with van der Waals surface area (Å²) in [4.78, 5) is 27.7. The molecule has 3 aromatic carbocycles. The van der Waals surface area contributed by atoms with E-state index >= 15 is 0 Å². The Labute approximate surface area is 243 Å². The highest BCUT2D eigenvalue weighted by molar-refractivity contribution is 7.92. The summed E-state index contributed by atoms with van der Waals surface area (Å²) in [6.07, 6.45) is -4.67. The molecule has 7 nitrogen and oxygen atoms in total. The highest BCUT2D eigenvalue weighted by atomic mass is 35.5. The third kappa shape index (κ3) is 7.59. The van der Waals surface area contributed by atoms with Crippen molar-refractivity contribution in [2.45, 2.75) is 50.9 Å². The Bertz CT molecular complexity index is 1500. The molecular formula is C29H31ClF3N3O4S. The van der Waals surface area contributed by atoms with Crippen LogP contribution >= 0.6 is 11.6 Å². The van der Waals surface area contributed by atoms with Gasteiger partial charge in [0, 0.05) is 13.6 Å². The first kappa shape index (κ1) is 32.0. The van der Waals surface area contributed by atoms with Crippen molar-refractivity contribution in [2.24, 2.45) is 0 Å². The van der Waals surface area contributed by atoms with Crippen LogP contribution in [0.5, 0.6) is 0 Å². The topological polar surface area (TPSA) is 86.8 Å². The summed E-state index contributed by atoms with van der Waals surface area (Å²) in [5, 5.41) is 1.90. The number of carbonyl (C=O) groups excluding carboxylic acids is 2. The molecule has 0 aliphatic carbocycles. The smallest absolute Gasteiger partial charge is 0.357 e. The predicted molar refractivity (Wildman–Crippen MR) is 152 cm³/mol. The fourth-order valence-electron chi connectivity index (χ4n) is 4.23. The molecule has 12 heteroatoms. The zero-order valence-electron chi connectivity index (χ0n) is 23.0. The second kappa shape index (κ2) is 12.9. The van der Waals surface area contributed by atoms with Gasteiger partial charge < -0.3 is 10.2 Å². The van der Waals surface area contributed by atoms with Crippen molar-refractivity contribution >= 4 is 39.1 Å². The summed E-state index contributed by atoms with van der Waals surface area (Å²) in [6, 6.07) is 14.6. The molecule has 0 saturated carbocycles. The minimum absolute atomic E-state index is 0.0299. The Hall–Kier alpha value is -3.57. The van der Waals surface area contributed by atoms with Crippen LogP contribution in [0.15, 0.2) is 71.6 Å². The fourth-order valence-corrected chi connectivity index (χ4v) is 5.86. The number of benzene rings is 3. The van der Waals surface area contributed by atoms with Gasteiger partial charge in [-0.25, -0.2) is 8.42 Å². The van der Waals surface area contributed by atoms with Crippen molar-refractivity contribution in [3.8, 4) is 0 Å². The molecule has 0 bridgehead atoms. The fraction of sp³-hybridized carbons (Fsp3) is 0.310. The quantitative estimate of drug-likeness (QED) is 0.318. The Morgan fingerprint density at radius 2 is 1.51 bits per heavy atom. The molecule has 2 amide bonds. The maximum absolute atomic E-state index is 13.9. The molecule has 0 radical (unpaired) electrons. The molecule has 0 spiro atoms. The van der Waals surface area contributed by atoms with Crippen molar-refractivity contribution in [3.05, 3.63) is 94.0 Å². The first-order valence-corrected chi connectivity index (χ1v) is 14.5. The van der Waals surface area contributed by atoms with Gasteiger partial charge in [-0.15, -0.1) is 0 Å². The van der Waals surface area contributed by atoms with Crippen LogP contribution in [-0.4, -0.2) is 44.8 Å². The minimum atomic E-state index is -4.87. The SMILES string of the molecule is CCC(C(=O)NC)N(Cc1ccc(C)cc1)C(=O)CN(c1ccc(Cl)c(C(F)(F)F)c1)S(=O)(=O)c1ccc(C)cc1. The van der Waals surface area contributed by atoms with Crippen molar-refractivity contribution in [3.63, 3.8) is 0 Å². The van der Waals surface area contributed by atoms with Crippen molar-refractivity contribution in [2.75, 3.05) is 17.9 Å². The monoisotopic (exact) mass is 609 g/mol. The van der Waals surface area contributed by atoms with Crippen LogP contribution in [0.1, 0.15) is 35.6 Å². The van der Waals surface area contributed by atoms with Gasteiger partial charge in [0.2, 0.25) is 11.8 Å². The molecule has 0 saturated heterocycles. The summed E-state index contributed by atoms with van der Waals surface area (Å²) in [7, 11) is -3.12.